The molecule has 0 aliphatic rings. The lowest BCUT2D eigenvalue weighted by atomic mass is 10.1. The van der Waals surface area contributed by atoms with Gasteiger partial charge in [-0.25, -0.2) is 4.79 Å². The molecular formula is C19H24N2O5. The van der Waals surface area contributed by atoms with E-state index < -0.39 is 6.23 Å². The number of phenolic OH excluding ortho intramolecular Hbond substituents is 1. The van der Waals surface area contributed by atoms with Crippen LogP contribution in [0.4, 0.5) is 4.79 Å². The number of hydrogen-bond acceptors (Lipinski definition) is 5. The van der Waals surface area contributed by atoms with Crippen molar-refractivity contribution in [3.05, 3.63) is 48.0 Å². The molecule has 0 heterocycles. The molecule has 7 nitrogen and oxygen atoms in total. The predicted octanol–water partition coefficient (Wildman–Crippen LogP) is 3.19. The van der Waals surface area contributed by atoms with Crippen LogP contribution in [0.5, 0.6) is 23.0 Å². The van der Waals surface area contributed by atoms with Gasteiger partial charge in [-0.3, -0.25) is 0 Å². The normalized spacial score (nSPS) is 12.6. The van der Waals surface area contributed by atoms with Crippen LogP contribution in [0.2, 0.25) is 0 Å². The Morgan fingerprint density at radius 1 is 0.962 bits per heavy atom. The fraction of sp³-hybridized carbons (Fsp3) is 0.316. The fourth-order valence-electron chi connectivity index (χ4n) is 2.39. The molecule has 0 spiro atoms. The molecule has 140 valence electrons. The monoisotopic (exact) mass is 360 g/mol. The molecule has 0 saturated carbocycles. The van der Waals surface area contributed by atoms with E-state index in [1.54, 1.807) is 39.3 Å². The lowest BCUT2D eigenvalue weighted by Crippen LogP contribution is -2.44. The van der Waals surface area contributed by atoms with Gasteiger partial charge in [0.05, 0.1) is 20.3 Å². The number of carbonyl (C=O) groups excluding carboxylic acids is 1. The summed E-state index contributed by atoms with van der Waals surface area (Å²) in [5, 5.41) is 14.8. The largest absolute Gasteiger partial charge is 0.508 e. The summed E-state index contributed by atoms with van der Waals surface area (Å²) in [4.78, 5) is 12.2. The molecule has 2 amide bonds. The average molecular weight is 360 g/mol. The maximum Gasteiger partial charge on any atom is 0.318 e. The van der Waals surface area contributed by atoms with Crippen LogP contribution in [0.1, 0.15) is 25.5 Å². The van der Waals surface area contributed by atoms with Gasteiger partial charge in [-0.1, -0.05) is 6.07 Å². The van der Waals surface area contributed by atoms with Gasteiger partial charge in [0, 0.05) is 0 Å². The van der Waals surface area contributed by atoms with Crippen LogP contribution in [-0.4, -0.2) is 31.6 Å². The van der Waals surface area contributed by atoms with Gasteiger partial charge in [0.15, 0.2) is 17.7 Å². The minimum absolute atomic E-state index is 0.152. The lowest BCUT2D eigenvalue weighted by molar-refractivity contribution is 0.175. The van der Waals surface area contributed by atoms with Crippen molar-refractivity contribution in [1.82, 2.24) is 10.6 Å². The minimum atomic E-state index is -0.544. The van der Waals surface area contributed by atoms with Crippen LogP contribution >= 0.6 is 0 Å². The highest BCUT2D eigenvalue weighted by Crippen LogP contribution is 2.29. The van der Waals surface area contributed by atoms with Crippen molar-refractivity contribution >= 4 is 6.03 Å². The Kier molecular flexibility index (Phi) is 6.54. The van der Waals surface area contributed by atoms with Crippen molar-refractivity contribution in [3.8, 4) is 23.0 Å². The Morgan fingerprint density at radius 3 is 2.23 bits per heavy atom. The highest BCUT2D eigenvalue weighted by atomic mass is 16.5. The Balaban J connectivity index is 1.91. The third kappa shape index (κ3) is 5.20. The van der Waals surface area contributed by atoms with Crippen molar-refractivity contribution in [3.63, 3.8) is 0 Å². The molecule has 0 aromatic heterocycles. The summed E-state index contributed by atoms with van der Waals surface area (Å²) >= 11 is 0. The van der Waals surface area contributed by atoms with E-state index in [1.165, 1.54) is 12.1 Å². The highest BCUT2D eigenvalue weighted by Gasteiger charge is 2.14. The zero-order valence-electron chi connectivity index (χ0n) is 15.3. The molecule has 7 heteroatoms. The first kappa shape index (κ1) is 19.2. The quantitative estimate of drug-likeness (QED) is 0.660. The summed E-state index contributed by atoms with van der Waals surface area (Å²) in [6.07, 6.45) is -0.544. The van der Waals surface area contributed by atoms with Crippen LogP contribution in [0, 0.1) is 0 Å². The van der Waals surface area contributed by atoms with Crippen LogP contribution in [0.15, 0.2) is 42.5 Å². The molecular weight excluding hydrogens is 336 g/mol. The lowest BCUT2D eigenvalue weighted by Gasteiger charge is -2.20. The summed E-state index contributed by atoms with van der Waals surface area (Å²) in [7, 11) is 3.14. The highest BCUT2D eigenvalue weighted by molar-refractivity contribution is 5.74. The number of rotatable bonds is 7. The van der Waals surface area contributed by atoms with Crippen molar-refractivity contribution < 1.29 is 24.1 Å². The van der Waals surface area contributed by atoms with Crippen molar-refractivity contribution in [1.29, 1.82) is 0 Å². The molecule has 0 aliphatic heterocycles. The van der Waals surface area contributed by atoms with E-state index in [1.807, 2.05) is 19.1 Å². The van der Waals surface area contributed by atoms with E-state index in [0.29, 0.717) is 17.2 Å². The van der Waals surface area contributed by atoms with Crippen LogP contribution in [0.3, 0.4) is 0 Å². The number of hydrogen-bond donors (Lipinski definition) is 3. The molecule has 0 bridgehead atoms. The number of nitrogens with one attached hydrogen (secondary N) is 2. The summed E-state index contributed by atoms with van der Waals surface area (Å²) in [5.41, 5.74) is 0.880. The molecule has 0 radical (unpaired) electrons. The van der Waals surface area contributed by atoms with E-state index >= 15 is 0 Å². The molecule has 2 rings (SSSR count). The summed E-state index contributed by atoms with van der Waals surface area (Å²) in [6, 6.07) is 11.1. The molecule has 2 atom stereocenters. The topological polar surface area (TPSA) is 89.1 Å². The number of amides is 2. The molecule has 0 fully saturated rings. The zero-order valence-corrected chi connectivity index (χ0v) is 15.3. The molecule has 0 saturated heterocycles. The maximum atomic E-state index is 12.2. The van der Waals surface area contributed by atoms with E-state index in [2.05, 4.69) is 10.6 Å². The second kappa shape index (κ2) is 8.84. The van der Waals surface area contributed by atoms with E-state index in [9.17, 15) is 9.90 Å². The zero-order chi connectivity index (χ0) is 19.1. The number of urea groups is 1. The van der Waals surface area contributed by atoms with Crippen LogP contribution in [0.25, 0.3) is 0 Å². The standard InChI is InChI=1S/C19H24N2O5/c1-12(14-5-10-17(24-3)18(11-14)25-4)20-19(23)21-13(2)26-16-8-6-15(22)7-9-16/h5-13,22H,1-4H3,(H2,20,21,23). The number of phenols is 1. The van der Waals surface area contributed by atoms with E-state index in [-0.39, 0.29) is 17.8 Å². The molecule has 0 aliphatic carbocycles. The van der Waals surface area contributed by atoms with Gasteiger partial charge in [0.25, 0.3) is 0 Å². The van der Waals surface area contributed by atoms with Gasteiger partial charge < -0.3 is 30.0 Å². The van der Waals surface area contributed by atoms with Gasteiger partial charge in [-0.05, 0) is 55.8 Å². The first-order chi connectivity index (χ1) is 12.4. The summed E-state index contributed by atoms with van der Waals surface area (Å²) in [6.45, 7) is 3.58. The smallest absolute Gasteiger partial charge is 0.318 e. The third-order valence-corrected chi connectivity index (χ3v) is 3.74. The van der Waals surface area contributed by atoms with Gasteiger partial charge in [0.1, 0.15) is 11.5 Å². The van der Waals surface area contributed by atoms with Gasteiger partial charge in [0.2, 0.25) is 0 Å². The first-order valence-corrected chi connectivity index (χ1v) is 8.17. The Bertz CT molecular complexity index is 733. The summed E-state index contributed by atoms with van der Waals surface area (Å²) in [5.74, 6) is 1.93. The third-order valence-electron chi connectivity index (χ3n) is 3.74. The number of benzene rings is 2. The van der Waals surface area contributed by atoms with Gasteiger partial charge in [-0.2, -0.15) is 0 Å². The van der Waals surface area contributed by atoms with Crippen molar-refractivity contribution in [2.24, 2.45) is 0 Å². The second-order valence-electron chi connectivity index (χ2n) is 5.71. The SMILES string of the molecule is COc1ccc(C(C)NC(=O)NC(C)Oc2ccc(O)cc2)cc1OC. The fourth-order valence-corrected chi connectivity index (χ4v) is 2.39. The number of aromatic hydroxyl groups is 1. The maximum absolute atomic E-state index is 12.2. The average Bonchev–Trinajstić information content (AvgIpc) is 2.62. The molecule has 26 heavy (non-hydrogen) atoms. The number of methoxy groups -OCH3 is 2. The number of carbonyl (C=O) groups is 1. The Labute approximate surface area is 152 Å². The van der Waals surface area contributed by atoms with Crippen molar-refractivity contribution in [2.75, 3.05) is 14.2 Å². The molecule has 3 N–H and O–H groups in total. The first-order valence-electron chi connectivity index (χ1n) is 8.17. The predicted molar refractivity (Wildman–Crippen MR) is 97.8 cm³/mol. The molecule has 2 aromatic rings. The van der Waals surface area contributed by atoms with Crippen LogP contribution < -0.4 is 24.8 Å². The molecule has 2 aromatic carbocycles. The summed E-state index contributed by atoms with van der Waals surface area (Å²) < 4.78 is 16.1. The van der Waals surface area contributed by atoms with Crippen molar-refractivity contribution in [2.45, 2.75) is 26.1 Å². The molecule has 2 unspecified atom stereocenters. The number of ether oxygens (including phenoxy) is 3. The van der Waals surface area contributed by atoms with Crippen LogP contribution in [-0.2, 0) is 0 Å². The Morgan fingerprint density at radius 2 is 1.62 bits per heavy atom. The van der Waals surface area contributed by atoms with E-state index in [4.69, 9.17) is 14.2 Å². The minimum Gasteiger partial charge on any atom is -0.508 e. The second-order valence-corrected chi connectivity index (χ2v) is 5.71. The van der Waals surface area contributed by atoms with Gasteiger partial charge in [-0.15, -0.1) is 0 Å². The van der Waals surface area contributed by atoms with Gasteiger partial charge >= 0.3 is 6.03 Å². The Hall–Kier alpha value is -3.09. The van der Waals surface area contributed by atoms with E-state index in [0.717, 1.165) is 5.56 Å².